The number of rotatable bonds is 4. The molecule has 2 heterocycles. The Hall–Kier alpha value is -1.40. The first-order valence-corrected chi connectivity index (χ1v) is 5.92. The number of aromatic nitrogens is 2. The van der Waals surface area contributed by atoms with Gasteiger partial charge in [-0.3, -0.25) is 0 Å². The summed E-state index contributed by atoms with van der Waals surface area (Å²) in [4.78, 5) is 8.36. The summed E-state index contributed by atoms with van der Waals surface area (Å²) >= 11 is 0. The molecule has 2 rings (SSSR count). The highest BCUT2D eigenvalue weighted by atomic mass is 16.5. The zero-order chi connectivity index (χ0) is 12.3. The van der Waals surface area contributed by atoms with E-state index in [1.807, 2.05) is 0 Å². The van der Waals surface area contributed by atoms with Crippen molar-refractivity contribution >= 4 is 11.8 Å². The third kappa shape index (κ3) is 2.65. The van der Waals surface area contributed by atoms with Crippen molar-refractivity contribution in [3.8, 4) is 0 Å². The highest BCUT2D eigenvalue weighted by molar-refractivity contribution is 5.47. The highest BCUT2D eigenvalue weighted by Gasteiger charge is 2.24. The molecule has 1 aromatic heterocycles. The van der Waals surface area contributed by atoms with Crippen LogP contribution in [0.3, 0.4) is 0 Å². The van der Waals surface area contributed by atoms with Crippen molar-refractivity contribution in [3.63, 3.8) is 0 Å². The van der Waals surface area contributed by atoms with E-state index in [1.165, 1.54) is 0 Å². The third-order valence-electron chi connectivity index (χ3n) is 3.04. The zero-order valence-electron chi connectivity index (χ0n) is 9.85. The Balaban J connectivity index is 2.32. The minimum atomic E-state index is 0.237. The fraction of sp³-hybridized carbons (Fsp3) is 0.636. The lowest BCUT2D eigenvalue weighted by molar-refractivity contribution is 0.193. The molecule has 0 spiro atoms. The summed E-state index contributed by atoms with van der Waals surface area (Å²) in [6, 6.07) is 0. The molecule has 1 unspecified atom stereocenters. The van der Waals surface area contributed by atoms with Crippen molar-refractivity contribution in [2.45, 2.75) is 25.2 Å². The summed E-state index contributed by atoms with van der Waals surface area (Å²) < 4.78 is 5.38. The number of nitrogens with zero attached hydrogens (tertiary/aromatic N) is 2. The van der Waals surface area contributed by atoms with E-state index in [4.69, 9.17) is 21.9 Å². The Labute approximate surface area is 101 Å². The molecule has 1 aliphatic rings. The molecule has 6 nitrogen and oxygen atoms in total. The fourth-order valence-corrected chi connectivity index (χ4v) is 2.16. The monoisotopic (exact) mass is 237 g/mol. The van der Waals surface area contributed by atoms with Crippen molar-refractivity contribution in [2.24, 2.45) is 5.73 Å². The SMILES string of the molecule is NCCCc1c(N)nc(N)nc1C1CCOC1. The molecule has 1 atom stereocenters. The predicted molar refractivity (Wildman–Crippen MR) is 66.4 cm³/mol. The van der Waals surface area contributed by atoms with E-state index >= 15 is 0 Å². The molecule has 0 aromatic carbocycles. The van der Waals surface area contributed by atoms with Gasteiger partial charge in [-0.2, -0.15) is 4.98 Å². The van der Waals surface area contributed by atoms with Gasteiger partial charge in [-0.15, -0.1) is 0 Å². The molecule has 17 heavy (non-hydrogen) atoms. The van der Waals surface area contributed by atoms with E-state index in [1.54, 1.807) is 0 Å². The Kier molecular flexibility index (Phi) is 3.75. The maximum atomic E-state index is 5.92. The van der Waals surface area contributed by atoms with Gasteiger partial charge >= 0.3 is 0 Å². The van der Waals surface area contributed by atoms with Crippen molar-refractivity contribution in [1.82, 2.24) is 9.97 Å². The predicted octanol–water partition coefficient (Wildman–Crippen LogP) is 0.0362. The topological polar surface area (TPSA) is 113 Å². The molecule has 0 aliphatic carbocycles. The number of anilines is 2. The fourth-order valence-electron chi connectivity index (χ4n) is 2.16. The van der Waals surface area contributed by atoms with Crippen LogP contribution in [0.25, 0.3) is 0 Å². The lowest BCUT2D eigenvalue weighted by Crippen LogP contribution is -2.14. The summed E-state index contributed by atoms with van der Waals surface area (Å²) in [6.45, 7) is 2.08. The molecular formula is C11H19N5O. The first kappa shape index (κ1) is 12.1. The largest absolute Gasteiger partial charge is 0.383 e. The molecule has 94 valence electrons. The van der Waals surface area contributed by atoms with Gasteiger partial charge in [0.05, 0.1) is 12.3 Å². The van der Waals surface area contributed by atoms with Crippen molar-refractivity contribution in [2.75, 3.05) is 31.2 Å². The second-order valence-electron chi connectivity index (χ2n) is 4.28. The molecule has 0 bridgehead atoms. The lowest BCUT2D eigenvalue weighted by Gasteiger charge is -2.15. The maximum Gasteiger partial charge on any atom is 0.222 e. The smallest absolute Gasteiger partial charge is 0.222 e. The number of ether oxygens (including phenoxy) is 1. The first-order chi connectivity index (χ1) is 8.22. The molecule has 1 aliphatic heterocycles. The van der Waals surface area contributed by atoms with E-state index in [2.05, 4.69) is 9.97 Å². The first-order valence-electron chi connectivity index (χ1n) is 5.92. The Morgan fingerprint density at radius 3 is 2.76 bits per heavy atom. The highest BCUT2D eigenvalue weighted by Crippen LogP contribution is 2.29. The quantitative estimate of drug-likeness (QED) is 0.681. The van der Waals surface area contributed by atoms with E-state index < -0.39 is 0 Å². The Bertz CT molecular complexity index is 390. The van der Waals surface area contributed by atoms with E-state index in [9.17, 15) is 0 Å². The molecule has 1 aromatic rings. The van der Waals surface area contributed by atoms with Crippen LogP contribution in [-0.2, 0) is 11.2 Å². The van der Waals surface area contributed by atoms with E-state index in [-0.39, 0.29) is 11.9 Å². The normalized spacial score (nSPS) is 19.7. The minimum Gasteiger partial charge on any atom is -0.383 e. The van der Waals surface area contributed by atoms with E-state index in [0.717, 1.165) is 37.1 Å². The molecule has 0 amide bonds. The second-order valence-corrected chi connectivity index (χ2v) is 4.28. The number of hydrogen-bond donors (Lipinski definition) is 3. The minimum absolute atomic E-state index is 0.237. The van der Waals surface area contributed by atoms with Crippen LogP contribution in [0.2, 0.25) is 0 Å². The van der Waals surface area contributed by atoms with Crippen molar-refractivity contribution in [1.29, 1.82) is 0 Å². The van der Waals surface area contributed by atoms with Crippen LogP contribution < -0.4 is 17.2 Å². The van der Waals surface area contributed by atoms with Crippen LogP contribution in [-0.4, -0.2) is 29.7 Å². The van der Waals surface area contributed by atoms with Gasteiger partial charge in [0.15, 0.2) is 0 Å². The van der Waals surface area contributed by atoms with Gasteiger partial charge in [-0.1, -0.05) is 0 Å². The third-order valence-corrected chi connectivity index (χ3v) is 3.04. The summed E-state index contributed by atoms with van der Waals surface area (Å²) in [5.74, 6) is 1.00. The van der Waals surface area contributed by atoms with Gasteiger partial charge in [0.2, 0.25) is 5.95 Å². The molecule has 0 saturated carbocycles. The summed E-state index contributed by atoms with van der Waals surface area (Å²) in [7, 11) is 0. The Morgan fingerprint density at radius 2 is 2.12 bits per heavy atom. The number of hydrogen-bond acceptors (Lipinski definition) is 6. The number of nitrogens with two attached hydrogens (primary N) is 3. The standard InChI is InChI=1S/C11H19N5O/c12-4-1-2-8-9(7-3-5-17-6-7)15-11(14)16-10(8)13/h7H,1-6,12H2,(H4,13,14,15,16). The van der Waals surface area contributed by atoms with Gasteiger partial charge in [-0.25, -0.2) is 4.98 Å². The Morgan fingerprint density at radius 1 is 1.29 bits per heavy atom. The van der Waals surface area contributed by atoms with Gasteiger partial charge in [0, 0.05) is 18.1 Å². The molecule has 6 N–H and O–H groups in total. The number of nitrogen functional groups attached to an aromatic ring is 2. The van der Waals surface area contributed by atoms with Crippen LogP contribution in [0.4, 0.5) is 11.8 Å². The average molecular weight is 237 g/mol. The molecule has 6 heteroatoms. The van der Waals surface area contributed by atoms with Crippen LogP contribution in [0.5, 0.6) is 0 Å². The van der Waals surface area contributed by atoms with Gasteiger partial charge in [0.1, 0.15) is 5.82 Å². The van der Waals surface area contributed by atoms with Crippen molar-refractivity contribution in [3.05, 3.63) is 11.3 Å². The molecular weight excluding hydrogens is 218 g/mol. The molecule has 1 saturated heterocycles. The summed E-state index contributed by atoms with van der Waals surface area (Å²) in [5, 5.41) is 0. The van der Waals surface area contributed by atoms with Gasteiger partial charge in [-0.05, 0) is 25.8 Å². The van der Waals surface area contributed by atoms with Crippen LogP contribution in [0.1, 0.15) is 30.0 Å². The lowest BCUT2D eigenvalue weighted by atomic mass is 9.97. The van der Waals surface area contributed by atoms with Crippen LogP contribution in [0.15, 0.2) is 0 Å². The molecule has 0 radical (unpaired) electrons. The van der Waals surface area contributed by atoms with Gasteiger partial charge < -0.3 is 21.9 Å². The van der Waals surface area contributed by atoms with Crippen LogP contribution >= 0.6 is 0 Å². The summed E-state index contributed by atoms with van der Waals surface area (Å²) in [5.41, 5.74) is 19.0. The van der Waals surface area contributed by atoms with E-state index in [0.29, 0.717) is 19.0 Å². The van der Waals surface area contributed by atoms with Crippen LogP contribution in [0, 0.1) is 0 Å². The second kappa shape index (κ2) is 5.29. The average Bonchev–Trinajstić information content (AvgIpc) is 2.80. The molecule has 1 fully saturated rings. The summed E-state index contributed by atoms with van der Waals surface area (Å²) in [6.07, 6.45) is 2.64. The maximum absolute atomic E-state index is 5.92. The van der Waals surface area contributed by atoms with Crippen molar-refractivity contribution < 1.29 is 4.74 Å². The zero-order valence-corrected chi connectivity index (χ0v) is 9.85. The van der Waals surface area contributed by atoms with Gasteiger partial charge in [0.25, 0.3) is 0 Å².